The molecule has 0 aliphatic carbocycles. The molecule has 126 valence electrons. The Bertz CT molecular complexity index is 632. The van der Waals surface area contributed by atoms with E-state index in [2.05, 4.69) is 0 Å². The number of nitrogen functional groups attached to an aromatic ring is 1. The van der Waals surface area contributed by atoms with Crippen LogP contribution in [0.4, 0.5) is 11.4 Å². The summed E-state index contributed by atoms with van der Waals surface area (Å²) in [6.07, 6.45) is 2.42. The number of nitrogens with two attached hydrogens (primary N) is 1. The monoisotopic (exact) mass is 321 g/mol. The Labute approximate surface area is 135 Å². The van der Waals surface area contributed by atoms with Crippen molar-refractivity contribution in [2.45, 2.75) is 38.7 Å². The van der Waals surface area contributed by atoms with Crippen LogP contribution >= 0.6 is 0 Å². The van der Waals surface area contributed by atoms with Crippen LogP contribution in [0.3, 0.4) is 0 Å². The van der Waals surface area contributed by atoms with Crippen molar-refractivity contribution in [1.29, 1.82) is 0 Å². The second-order valence-corrected chi connectivity index (χ2v) is 6.30. The first-order chi connectivity index (χ1) is 10.8. The molecule has 2 rings (SSSR count). The van der Waals surface area contributed by atoms with Gasteiger partial charge in [-0.05, 0) is 44.7 Å². The number of anilines is 1. The molecule has 0 spiro atoms. The highest BCUT2D eigenvalue weighted by molar-refractivity contribution is 6.01. The zero-order valence-electron chi connectivity index (χ0n) is 13.8. The summed E-state index contributed by atoms with van der Waals surface area (Å²) in [7, 11) is 1.68. The molecular weight excluding hydrogens is 298 g/mol. The van der Waals surface area contributed by atoms with Gasteiger partial charge in [0.2, 0.25) is 0 Å². The lowest BCUT2D eigenvalue weighted by molar-refractivity contribution is -0.384. The van der Waals surface area contributed by atoms with Crippen molar-refractivity contribution >= 4 is 17.3 Å². The number of nitrogens with zero attached hydrogens (tertiary/aromatic N) is 2. The molecule has 7 heteroatoms. The number of nitro groups is 1. The van der Waals surface area contributed by atoms with Crippen LogP contribution in [-0.4, -0.2) is 41.5 Å². The highest BCUT2D eigenvalue weighted by Gasteiger charge is 2.31. The first-order valence-corrected chi connectivity index (χ1v) is 7.66. The quantitative estimate of drug-likeness (QED) is 0.524. The smallest absolute Gasteiger partial charge is 0.293 e. The van der Waals surface area contributed by atoms with Crippen molar-refractivity contribution in [3.8, 4) is 0 Å². The third kappa shape index (κ3) is 3.61. The predicted octanol–water partition coefficient (Wildman–Crippen LogP) is 2.52. The normalized spacial score (nSPS) is 21.8. The number of nitro benzene ring substituents is 1. The fourth-order valence-corrected chi connectivity index (χ4v) is 2.94. The van der Waals surface area contributed by atoms with Gasteiger partial charge in [-0.1, -0.05) is 0 Å². The van der Waals surface area contributed by atoms with Crippen LogP contribution in [0.1, 0.15) is 42.1 Å². The third-order valence-corrected chi connectivity index (χ3v) is 4.55. The summed E-state index contributed by atoms with van der Waals surface area (Å²) < 4.78 is 5.53. The van der Waals surface area contributed by atoms with Gasteiger partial charge in [0, 0.05) is 26.3 Å². The molecule has 0 radical (unpaired) electrons. The van der Waals surface area contributed by atoms with E-state index in [0.717, 1.165) is 19.3 Å². The minimum absolute atomic E-state index is 0.0654. The van der Waals surface area contributed by atoms with Gasteiger partial charge in [-0.15, -0.1) is 0 Å². The number of rotatable bonds is 3. The Balaban J connectivity index is 2.29. The van der Waals surface area contributed by atoms with E-state index in [1.165, 1.54) is 6.07 Å². The van der Waals surface area contributed by atoms with E-state index in [9.17, 15) is 14.9 Å². The lowest BCUT2D eigenvalue weighted by Crippen LogP contribution is -2.34. The SMILES string of the molecule is COC1(C)CCCN(C(=O)c2cc(C)cc([N+](=O)[O-])c2N)CC1. The molecule has 1 saturated heterocycles. The van der Waals surface area contributed by atoms with Gasteiger partial charge < -0.3 is 15.4 Å². The van der Waals surface area contributed by atoms with Crippen molar-refractivity contribution in [2.24, 2.45) is 0 Å². The maximum absolute atomic E-state index is 12.8. The zero-order valence-corrected chi connectivity index (χ0v) is 13.8. The molecule has 0 saturated carbocycles. The fraction of sp³-hybridized carbons (Fsp3) is 0.562. The Morgan fingerprint density at radius 2 is 2.09 bits per heavy atom. The van der Waals surface area contributed by atoms with Gasteiger partial charge in [0.05, 0.1) is 16.1 Å². The first-order valence-electron chi connectivity index (χ1n) is 7.66. The number of carbonyl (C=O) groups excluding carboxylic acids is 1. The molecule has 0 bridgehead atoms. The van der Waals surface area contributed by atoms with E-state index in [1.807, 2.05) is 6.92 Å². The van der Waals surface area contributed by atoms with E-state index in [0.29, 0.717) is 18.7 Å². The Hall–Kier alpha value is -2.15. The lowest BCUT2D eigenvalue weighted by atomic mass is 9.97. The van der Waals surface area contributed by atoms with Crippen LogP contribution in [0.25, 0.3) is 0 Å². The minimum Gasteiger partial charge on any atom is -0.393 e. The van der Waals surface area contributed by atoms with Crippen LogP contribution in [-0.2, 0) is 4.74 Å². The molecule has 1 aromatic carbocycles. The number of ether oxygens (including phenoxy) is 1. The number of amides is 1. The van der Waals surface area contributed by atoms with Crippen molar-refractivity contribution in [3.05, 3.63) is 33.4 Å². The molecule has 1 unspecified atom stereocenters. The predicted molar refractivity (Wildman–Crippen MR) is 87.4 cm³/mol. The average molecular weight is 321 g/mol. The van der Waals surface area contributed by atoms with Gasteiger partial charge in [-0.2, -0.15) is 0 Å². The van der Waals surface area contributed by atoms with Gasteiger partial charge in [0.25, 0.3) is 11.6 Å². The van der Waals surface area contributed by atoms with Gasteiger partial charge >= 0.3 is 0 Å². The number of hydrogen-bond acceptors (Lipinski definition) is 5. The summed E-state index contributed by atoms with van der Waals surface area (Å²) in [4.78, 5) is 25.0. The van der Waals surface area contributed by atoms with Gasteiger partial charge in [-0.25, -0.2) is 0 Å². The second kappa shape index (κ2) is 6.54. The van der Waals surface area contributed by atoms with E-state index in [-0.39, 0.29) is 28.4 Å². The molecule has 1 aliphatic rings. The molecule has 1 heterocycles. The largest absolute Gasteiger partial charge is 0.393 e. The molecule has 1 amide bonds. The summed E-state index contributed by atoms with van der Waals surface area (Å²) in [5.41, 5.74) is 6.20. The standard InChI is InChI=1S/C16H23N3O4/c1-11-9-12(14(17)13(10-11)19(21)22)15(20)18-7-4-5-16(2,23-3)6-8-18/h9-10H,4-8,17H2,1-3H3. The summed E-state index contributed by atoms with van der Waals surface area (Å²) >= 11 is 0. The Morgan fingerprint density at radius 1 is 1.39 bits per heavy atom. The van der Waals surface area contributed by atoms with E-state index in [4.69, 9.17) is 10.5 Å². The topological polar surface area (TPSA) is 98.7 Å². The fourth-order valence-electron chi connectivity index (χ4n) is 2.94. The number of likely N-dealkylation sites (tertiary alicyclic amines) is 1. The van der Waals surface area contributed by atoms with Crippen LogP contribution in [0.2, 0.25) is 0 Å². The van der Waals surface area contributed by atoms with Crippen molar-refractivity contribution in [2.75, 3.05) is 25.9 Å². The summed E-state index contributed by atoms with van der Waals surface area (Å²) in [5.74, 6) is -0.255. The lowest BCUT2D eigenvalue weighted by Gasteiger charge is -2.26. The zero-order chi connectivity index (χ0) is 17.2. The van der Waals surface area contributed by atoms with Crippen LogP contribution < -0.4 is 5.73 Å². The number of aryl methyl sites for hydroxylation is 1. The van der Waals surface area contributed by atoms with E-state index >= 15 is 0 Å². The van der Waals surface area contributed by atoms with Crippen LogP contribution in [0, 0.1) is 17.0 Å². The minimum atomic E-state index is -0.552. The molecular formula is C16H23N3O4. The van der Waals surface area contributed by atoms with Gasteiger partial charge in [0.1, 0.15) is 5.69 Å². The van der Waals surface area contributed by atoms with Crippen LogP contribution in [0.5, 0.6) is 0 Å². The Kier molecular flexibility index (Phi) is 4.89. The molecule has 1 aromatic rings. The van der Waals surface area contributed by atoms with E-state index in [1.54, 1.807) is 25.0 Å². The summed E-state index contributed by atoms with van der Waals surface area (Å²) in [5, 5.41) is 11.1. The maximum Gasteiger partial charge on any atom is 0.293 e. The summed E-state index contributed by atoms with van der Waals surface area (Å²) in [6, 6.07) is 3.00. The molecule has 7 nitrogen and oxygen atoms in total. The average Bonchev–Trinajstić information content (AvgIpc) is 2.71. The van der Waals surface area contributed by atoms with Crippen molar-refractivity contribution < 1.29 is 14.5 Å². The molecule has 1 fully saturated rings. The van der Waals surface area contributed by atoms with E-state index < -0.39 is 4.92 Å². The van der Waals surface area contributed by atoms with Gasteiger partial charge in [-0.3, -0.25) is 14.9 Å². The highest BCUT2D eigenvalue weighted by Crippen LogP contribution is 2.30. The number of methoxy groups -OCH3 is 1. The highest BCUT2D eigenvalue weighted by atomic mass is 16.6. The molecule has 1 atom stereocenters. The number of carbonyl (C=O) groups is 1. The van der Waals surface area contributed by atoms with Crippen molar-refractivity contribution in [1.82, 2.24) is 4.90 Å². The van der Waals surface area contributed by atoms with Gasteiger partial charge in [0.15, 0.2) is 0 Å². The molecule has 23 heavy (non-hydrogen) atoms. The molecule has 0 aromatic heterocycles. The molecule has 1 aliphatic heterocycles. The third-order valence-electron chi connectivity index (χ3n) is 4.55. The maximum atomic E-state index is 12.8. The molecule has 2 N–H and O–H groups in total. The first kappa shape index (κ1) is 17.2. The summed E-state index contributed by atoms with van der Waals surface area (Å²) in [6.45, 7) is 4.89. The Morgan fingerprint density at radius 3 is 2.70 bits per heavy atom. The van der Waals surface area contributed by atoms with Crippen molar-refractivity contribution in [3.63, 3.8) is 0 Å². The number of benzene rings is 1. The van der Waals surface area contributed by atoms with Crippen LogP contribution in [0.15, 0.2) is 12.1 Å². The number of hydrogen-bond donors (Lipinski definition) is 1. The second-order valence-electron chi connectivity index (χ2n) is 6.30.